The van der Waals surface area contributed by atoms with E-state index < -0.39 is 0 Å². The Morgan fingerprint density at radius 1 is 0.270 bits per heavy atom. The highest BCUT2D eigenvalue weighted by atomic mass is 79.9. The quantitative estimate of drug-likeness (QED) is 0.169. The minimum atomic E-state index is 0.822. The van der Waals surface area contributed by atoms with Crippen LogP contribution in [0.4, 0.5) is 22.7 Å². The SMILES string of the molecule is Brc1ccc(-c2cccc3ccccc23)cc1.Nc1ccccc1.c1ccc(N(c2ccc(-c3cccc4ccccc34)cc2)c2ccc(-c3cccc4ccccc34)cc2)cc1. The van der Waals surface area contributed by atoms with E-state index in [1.807, 2.05) is 30.3 Å². The maximum absolute atomic E-state index is 5.36. The van der Waals surface area contributed by atoms with Crippen LogP contribution in [0.5, 0.6) is 0 Å². The van der Waals surface area contributed by atoms with Gasteiger partial charge in [0.25, 0.3) is 0 Å². The molecule has 63 heavy (non-hydrogen) atoms. The lowest BCUT2D eigenvalue weighted by molar-refractivity contribution is 1.28. The third-order valence-electron chi connectivity index (χ3n) is 11.2. The van der Waals surface area contributed by atoms with Crippen molar-refractivity contribution in [3.8, 4) is 33.4 Å². The van der Waals surface area contributed by atoms with Crippen molar-refractivity contribution < 1.29 is 0 Å². The van der Waals surface area contributed by atoms with E-state index in [9.17, 15) is 0 Å². The average molecular weight is 874 g/mol. The highest BCUT2D eigenvalue weighted by molar-refractivity contribution is 9.10. The van der Waals surface area contributed by atoms with Crippen molar-refractivity contribution in [2.24, 2.45) is 0 Å². The summed E-state index contributed by atoms with van der Waals surface area (Å²) in [5.41, 5.74) is 17.1. The summed E-state index contributed by atoms with van der Waals surface area (Å²) in [6.45, 7) is 0. The fourth-order valence-electron chi connectivity index (χ4n) is 8.12. The lowest BCUT2D eigenvalue weighted by atomic mass is 9.97. The van der Waals surface area contributed by atoms with Crippen molar-refractivity contribution in [2.75, 3.05) is 10.6 Å². The van der Waals surface area contributed by atoms with Gasteiger partial charge in [-0.15, -0.1) is 0 Å². The number of hydrogen-bond donors (Lipinski definition) is 1. The normalized spacial score (nSPS) is 10.7. The first kappa shape index (κ1) is 40.7. The molecule has 11 aromatic rings. The molecule has 0 spiro atoms. The molecule has 0 atom stereocenters. The monoisotopic (exact) mass is 872 g/mol. The first-order valence-electron chi connectivity index (χ1n) is 21.1. The molecule has 0 radical (unpaired) electrons. The highest BCUT2D eigenvalue weighted by Gasteiger charge is 2.14. The lowest BCUT2D eigenvalue weighted by Crippen LogP contribution is -2.09. The smallest absolute Gasteiger partial charge is 0.0462 e. The van der Waals surface area contributed by atoms with E-state index in [2.05, 4.69) is 251 Å². The van der Waals surface area contributed by atoms with Crippen molar-refractivity contribution in [2.45, 2.75) is 0 Å². The molecule has 0 heterocycles. The molecule has 0 saturated heterocycles. The minimum Gasteiger partial charge on any atom is -0.399 e. The number of hydrogen-bond acceptors (Lipinski definition) is 2. The van der Waals surface area contributed by atoms with Crippen LogP contribution in [0.2, 0.25) is 0 Å². The molecule has 0 amide bonds. The molecule has 0 bridgehead atoms. The van der Waals surface area contributed by atoms with Crippen molar-refractivity contribution in [1.29, 1.82) is 0 Å². The molecule has 2 N–H and O–H groups in total. The Morgan fingerprint density at radius 2 is 0.571 bits per heavy atom. The number of halogens is 1. The Morgan fingerprint density at radius 3 is 0.937 bits per heavy atom. The first-order chi connectivity index (χ1) is 31.1. The van der Waals surface area contributed by atoms with Gasteiger partial charge in [0.2, 0.25) is 0 Å². The maximum atomic E-state index is 5.36. The number of nitrogens with two attached hydrogens (primary N) is 1. The van der Waals surface area contributed by atoms with E-state index in [-0.39, 0.29) is 0 Å². The van der Waals surface area contributed by atoms with Crippen LogP contribution in [0.25, 0.3) is 65.7 Å². The van der Waals surface area contributed by atoms with Crippen LogP contribution in [-0.2, 0) is 0 Å². The number of fused-ring (bicyclic) bond motifs is 3. The second kappa shape index (κ2) is 19.3. The number of nitrogens with zero attached hydrogens (tertiary/aromatic N) is 1. The van der Waals surface area contributed by atoms with E-state index in [1.54, 1.807) is 0 Å². The van der Waals surface area contributed by atoms with E-state index in [0.29, 0.717) is 0 Å². The van der Waals surface area contributed by atoms with Gasteiger partial charge in [0, 0.05) is 27.2 Å². The number of benzene rings is 11. The predicted octanol–water partition coefficient (Wildman–Crippen LogP) is 17.3. The van der Waals surface area contributed by atoms with Crippen molar-refractivity contribution in [1.82, 2.24) is 0 Å². The second-order valence-corrected chi connectivity index (χ2v) is 16.2. The zero-order valence-electron chi connectivity index (χ0n) is 34.7. The van der Waals surface area contributed by atoms with Crippen LogP contribution >= 0.6 is 15.9 Å². The molecule has 11 rings (SSSR count). The number of nitrogen functional groups attached to an aromatic ring is 1. The van der Waals surface area contributed by atoms with Crippen molar-refractivity contribution >= 4 is 71.0 Å². The third kappa shape index (κ3) is 9.45. The van der Waals surface area contributed by atoms with Gasteiger partial charge < -0.3 is 10.6 Å². The van der Waals surface area contributed by atoms with Crippen molar-refractivity contribution in [3.05, 3.63) is 265 Å². The Labute approximate surface area is 378 Å². The molecule has 0 aliphatic heterocycles. The van der Waals surface area contributed by atoms with E-state index in [0.717, 1.165) is 27.2 Å². The van der Waals surface area contributed by atoms with Gasteiger partial charge in [-0.1, -0.05) is 216 Å². The summed E-state index contributed by atoms with van der Waals surface area (Å²) in [6, 6.07) is 91.5. The Balaban J connectivity index is 0.000000171. The summed E-state index contributed by atoms with van der Waals surface area (Å²) in [4.78, 5) is 2.32. The Bertz CT molecular complexity index is 3080. The molecule has 11 aromatic carbocycles. The van der Waals surface area contributed by atoms with Crippen LogP contribution in [-0.4, -0.2) is 0 Å². The summed E-state index contributed by atoms with van der Waals surface area (Å²) < 4.78 is 1.11. The minimum absolute atomic E-state index is 0.822. The maximum Gasteiger partial charge on any atom is 0.0462 e. The topological polar surface area (TPSA) is 29.3 Å². The molecule has 0 aliphatic carbocycles. The Hall–Kier alpha value is -7.72. The molecule has 0 fully saturated rings. The molecule has 0 aromatic heterocycles. The molecular weight excluding hydrogens is 829 g/mol. The Kier molecular flexibility index (Phi) is 12.5. The van der Waals surface area contributed by atoms with Crippen LogP contribution in [0.1, 0.15) is 0 Å². The molecule has 0 saturated carbocycles. The zero-order chi connectivity index (χ0) is 42.8. The van der Waals surface area contributed by atoms with E-state index >= 15 is 0 Å². The summed E-state index contributed by atoms with van der Waals surface area (Å²) in [5.74, 6) is 0. The average Bonchev–Trinajstić information content (AvgIpc) is 3.35. The van der Waals surface area contributed by atoms with Crippen LogP contribution in [0.3, 0.4) is 0 Å². The molecule has 0 unspecified atom stereocenters. The second-order valence-electron chi connectivity index (χ2n) is 15.3. The summed E-state index contributed by atoms with van der Waals surface area (Å²) in [7, 11) is 0. The largest absolute Gasteiger partial charge is 0.399 e. The van der Waals surface area contributed by atoms with Gasteiger partial charge in [0.1, 0.15) is 0 Å². The molecule has 0 aliphatic rings. The fraction of sp³-hybridized carbons (Fsp3) is 0. The van der Waals surface area contributed by atoms with Gasteiger partial charge in [0.15, 0.2) is 0 Å². The van der Waals surface area contributed by atoms with Gasteiger partial charge in [0.05, 0.1) is 0 Å². The van der Waals surface area contributed by atoms with Crippen LogP contribution < -0.4 is 10.6 Å². The van der Waals surface area contributed by atoms with Gasteiger partial charge in [-0.2, -0.15) is 0 Å². The summed E-state index contributed by atoms with van der Waals surface area (Å²) in [5, 5.41) is 7.66. The fourth-order valence-corrected chi connectivity index (χ4v) is 8.38. The van der Waals surface area contributed by atoms with Gasteiger partial charge in [-0.05, 0) is 126 Å². The standard InChI is InChI=1S/C38H27N.C16H11Br.C6H7N/c1-2-14-32(15-3-1)39(33-24-20-30(21-25-33)37-18-8-12-28-10-4-6-16-35(28)37)34-26-22-31(23-27-34)38-19-9-13-29-11-5-7-17-36(29)38;17-14-10-8-13(9-11-14)16-7-3-5-12-4-1-2-6-15(12)16;7-6-4-2-1-3-5-6/h1-27H;1-11H;1-5H,7H2. The predicted molar refractivity (Wildman–Crippen MR) is 275 cm³/mol. The van der Waals surface area contributed by atoms with E-state index in [1.165, 1.54) is 65.7 Å². The molecule has 3 heteroatoms. The zero-order valence-corrected chi connectivity index (χ0v) is 36.3. The highest BCUT2D eigenvalue weighted by Crippen LogP contribution is 2.38. The first-order valence-corrected chi connectivity index (χ1v) is 21.9. The lowest BCUT2D eigenvalue weighted by Gasteiger charge is -2.26. The van der Waals surface area contributed by atoms with E-state index in [4.69, 9.17) is 5.73 Å². The van der Waals surface area contributed by atoms with Crippen LogP contribution in [0, 0.1) is 0 Å². The number of anilines is 4. The number of para-hydroxylation sites is 2. The number of rotatable bonds is 6. The van der Waals surface area contributed by atoms with Crippen LogP contribution in [0.15, 0.2) is 265 Å². The molecular formula is C60H45BrN2. The molecule has 2 nitrogen and oxygen atoms in total. The third-order valence-corrected chi connectivity index (χ3v) is 11.7. The molecule has 302 valence electrons. The van der Waals surface area contributed by atoms with Gasteiger partial charge in [-0.25, -0.2) is 0 Å². The van der Waals surface area contributed by atoms with Gasteiger partial charge in [-0.3, -0.25) is 0 Å². The van der Waals surface area contributed by atoms with Gasteiger partial charge >= 0.3 is 0 Å². The summed E-state index contributed by atoms with van der Waals surface area (Å²) >= 11 is 3.47. The van der Waals surface area contributed by atoms with Crippen molar-refractivity contribution in [3.63, 3.8) is 0 Å². The summed E-state index contributed by atoms with van der Waals surface area (Å²) in [6.07, 6.45) is 0.